The highest BCUT2D eigenvalue weighted by Crippen LogP contribution is 2.34. The number of nitrogens with one attached hydrogen (secondary N) is 1. The number of hydrogen-bond donors (Lipinski definition) is 1. The van der Waals surface area contributed by atoms with Gasteiger partial charge in [0, 0.05) is 18.2 Å². The first kappa shape index (κ1) is 14.7. The maximum Gasteiger partial charge on any atom is 0.335 e. The number of rotatable bonds is 4. The molecule has 0 radical (unpaired) electrons. The number of thioether (sulfide) groups is 1. The molecule has 114 valence electrons. The Morgan fingerprint density at radius 1 is 1.50 bits per heavy atom. The van der Waals surface area contributed by atoms with E-state index in [1.54, 1.807) is 13.4 Å². The molecule has 1 N–H and O–H groups in total. The highest BCUT2D eigenvalue weighted by atomic mass is 32.2. The van der Waals surface area contributed by atoms with Crippen molar-refractivity contribution in [3.8, 4) is 5.75 Å². The zero-order valence-corrected chi connectivity index (χ0v) is 12.9. The molecule has 2 heterocycles. The van der Waals surface area contributed by atoms with Crippen molar-refractivity contribution in [1.29, 1.82) is 0 Å². The second-order valence-electron chi connectivity index (χ2n) is 4.90. The van der Waals surface area contributed by atoms with Gasteiger partial charge in [0.05, 0.1) is 13.4 Å². The number of fused-ring (bicyclic) bond motifs is 1. The van der Waals surface area contributed by atoms with Crippen molar-refractivity contribution in [2.75, 3.05) is 7.11 Å². The van der Waals surface area contributed by atoms with Crippen molar-refractivity contribution < 1.29 is 14.3 Å². The van der Waals surface area contributed by atoms with Crippen LogP contribution in [0.2, 0.25) is 0 Å². The second kappa shape index (κ2) is 6.70. The molecule has 5 nitrogen and oxygen atoms in total. The number of methoxy groups -OCH3 is 1. The summed E-state index contributed by atoms with van der Waals surface area (Å²) < 4.78 is 10.5. The third-order valence-corrected chi connectivity index (χ3v) is 4.47. The average Bonchev–Trinajstić information content (AvgIpc) is 2.59. The van der Waals surface area contributed by atoms with E-state index in [2.05, 4.69) is 10.3 Å². The van der Waals surface area contributed by atoms with E-state index >= 15 is 0 Å². The van der Waals surface area contributed by atoms with E-state index in [1.165, 1.54) is 11.8 Å². The minimum absolute atomic E-state index is 0.0798. The van der Waals surface area contributed by atoms with Crippen molar-refractivity contribution in [2.24, 2.45) is 4.99 Å². The van der Waals surface area contributed by atoms with Crippen LogP contribution in [0.15, 0.2) is 52.0 Å². The fourth-order valence-corrected chi connectivity index (χ4v) is 3.15. The van der Waals surface area contributed by atoms with Gasteiger partial charge in [-0.05, 0) is 28.7 Å². The van der Waals surface area contributed by atoms with E-state index in [1.807, 2.05) is 35.9 Å². The van der Waals surface area contributed by atoms with Crippen LogP contribution >= 0.6 is 11.8 Å². The lowest BCUT2D eigenvalue weighted by Gasteiger charge is -2.23. The minimum atomic E-state index is -0.288. The molecule has 0 fully saturated rings. The zero-order chi connectivity index (χ0) is 15.4. The van der Waals surface area contributed by atoms with Crippen molar-refractivity contribution in [3.05, 3.63) is 52.6 Å². The summed E-state index contributed by atoms with van der Waals surface area (Å²) in [6, 6.07) is 7.49. The molecule has 3 rings (SSSR count). The van der Waals surface area contributed by atoms with Gasteiger partial charge in [0.1, 0.15) is 17.7 Å². The number of esters is 1. The summed E-state index contributed by atoms with van der Waals surface area (Å²) in [4.78, 5) is 16.5. The Labute approximate surface area is 133 Å². The fourth-order valence-electron chi connectivity index (χ4n) is 2.22. The molecule has 1 atom stereocenters. The van der Waals surface area contributed by atoms with Gasteiger partial charge in [0.15, 0.2) is 0 Å². The molecule has 1 aromatic carbocycles. The van der Waals surface area contributed by atoms with Gasteiger partial charge < -0.3 is 14.8 Å². The van der Waals surface area contributed by atoms with E-state index < -0.39 is 0 Å². The molecule has 0 saturated heterocycles. The maximum absolute atomic E-state index is 12.2. The van der Waals surface area contributed by atoms with Gasteiger partial charge in [-0.25, -0.2) is 4.79 Å². The van der Waals surface area contributed by atoms with E-state index in [0.717, 1.165) is 16.9 Å². The largest absolute Gasteiger partial charge is 0.497 e. The Bertz CT molecular complexity index is 667. The van der Waals surface area contributed by atoms with Gasteiger partial charge in [0.2, 0.25) is 0 Å². The average molecular weight is 316 g/mol. The van der Waals surface area contributed by atoms with Crippen LogP contribution in [0.1, 0.15) is 12.0 Å². The molecule has 0 aromatic heterocycles. The quantitative estimate of drug-likeness (QED) is 0.865. The summed E-state index contributed by atoms with van der Waals surface area (Å²) in [5.74, 6) is 0.462. The van der Waals surface area contributed by atoms with Crippen LogP contribution in [0.5, 0.6) is 5.75 Å². The molecular formula is C16H16N2O3S. The lowest BCUT2D eigenvalue weighted by molar-refractivity contribution is -0.140. The number of nitrogens with zero attached hydrogens (tertiary/aromatic N) is 1. The lowest BCUT2D eigenvalue weighted by atomic mass is 10.1. The molecule has 22 heavy (non-hydrogen) atoms. The molecular weight excluding hydrogens is 300 g/mol. The number of hydrogen-bond acceptors (Lipinski definition) is 6. The molecule has 6 heteroatoms. The molecule has 0 aliphatic carbocycles. The van der Waals surface area contributed by atoms with Gasteiger partial charge in [-0.3, -0.25) is 4.99 Å². The van der Waals surface area contributed by atoms with Crippen molar-refractivity contribution in [3.63, 3.8) is 0 Å². The maximum atomic E-state index is 12.2. The molecule has 1 aromatic rings. The third kappa shape index (κ3) is 3.33. The Balaban J connectivity index is 1.60. The molecule has 1 unspecified atom stereocenters. The van der Waals surface area contributed by atoms with E-state index in [9.17, 15) is 4.79 Å². The summed E-state index contributed by atoms with van der Waals surface area (Å²) in [5.41, 5.74) is 2.65. The SMILES string of the molecule is COc1cccc(COC(=O)C2=CSC3N=CNC=C3C2)c1. The summed E-state index contributed by atoms with van der Waals surface area (Å²) >= 11 is 1.52. The van der Waals surface area contributed by atoms with E-state index in [4.69, 9.17) is 9.47 Å². The van der Waals surface area contributed by atoms with E-state index in [0.29, 0.717) is 12.0 Å². The van der Waals surface area contributed by atoms with Gasteiger partial charge in [-0.15, -0.1) is 11.8 Å². The smallest absolute Gasteiger partial charge is 0.335 e. The van der Waals surface area contributed by atoms with Crippen LogP contribution in [0.4, 0.5) is 0 Å². The first-order chi connectivity index (χ1) is 10.8. The van der Waals surface area contributed by atoms with Gasteiger partial charge >= 0.3 is 5.97 Å². The summed E-state index contributed by atoms with van der Waals surface area (Å²) in [6.07, 6.45) is 4.13. The van der Waals surface area contributed by atoms with Crippen LogP contribution in [-0.2, 0) is 16.1 Å². The summed E-state index contributed by atoms with van der Waals surface area (Å²) in [7, 11) is 1.61. The third-order valence-electron chi connectivity index (χ3n) is 3.37. The molecule has 0 bridgehead atoms. The van der Waals surface area contributed by atoms with Gasteiger partial charge in [0.25, 0.3) is 0 Å². The number of ether oxygens (including phenoxy) is 2. The lowest BCUT2D eigenvalue weighted by Crippen LogP contribution is -2.21. The topological polar surface area (TPSA) is 59.9 Å². The Morgan fingerprint density at radius 2 is 2.41 bits per heavy atom. The minimum Gasteiger partial charge on any atom is -0.497 e. The molecule has 2 aliphatic rings. The number of carbonyl (C=O) groups is 1. The number of carbonyl (C=O) groups excluding carboxylic acids is 1. The molecule has 0 amide bonds. The monoisotopic (exact) mass is 316 g/mol. The highest BCUT2D eigenvalue weighted by Gasteiger charge is 2.25. The van der Waals surface area contributed by atoms with Crippen molar-refractivity contribution in [1.82, 2.24) is 5.32 Å². The second-order valence-corrected chi connectivity index (χ2v) is 5.85. The highest BCUT2D eigenvalue weighted by molar-refractivity contribution is 8.03. The number of benzene rings is 1. The van der Waals surface area contributed by atoms with E-state index in [-0.39, 0.29) is 18.0 Å². The molecule has 2 aliphatic heterocycles. The first-order valence-electron chi connectivity index (χ1n) is 6.87. The first-order valence-corrected chi connectivity index (χ1v) is 7.82. The standard InChI is InChI=1S/C16H16N2O3S/c1-20-14-4-2-3-11(5-14)8-21-16(19)13-6-12-7-17-10-18-15(12)22-9-13/h2-5,7,9-10,15H,6,8H2,1H3,(H,17,18). The fraction of sp³-hybridized carbons (Fsp3) is 0.250. The predicted molar refractivity (Wildman–Crippen MR) is 86.6 cm³/mol. The Kier molecular flexibility index (Phi) is 4.48. The Hall–Kier alpha value is -2.21. The summed E-state index contributed by atoms with van der Waals surface area (Å²) in [6.45, 7) is 0.233. The van der Waals surface area contributed by atoms with Crippen LogP contribution in [0.3, 0.4) is 0 Å². The van der Waals surface area contributed by atoms with Crippen LogP contribution in [0.25, 0.3) is 0 Å². The van der Waals surface area contributed by atoms with Crippen LogP contribution in [-0.4, -0.2) is 24.8 Å². The van der Waals surface area contributed by atoms with Gasteiger partial charge in [-0.2, -0.15) is 0 Å². The normalized spacial score (nSPS) is 19.4. The molecule has 0 saturated carbocycles. The van der Waals surface area contributed by atoms with Crippen molar-refractivity contribution in [2.45, 2.75) is 18.4 Å². The Morgan fingerprint density at radius 3 is 3.27 bits per heavy atom. The summed E-state index contributed by atoms with van der Waals surface area (Å²) in [5, 5.41) is 4.88. The van der Waals surface area contributed by atoms with Crippen LogP contribution in [0, 0.1) is 0 Å². The molecule has 0 spiro atoms. The number of aliphatic imine (C=N–C) groups is 1. The zero-order valence-electron chi connectivity index (χ0n) is 12.1. The predicted octanol–water partition coefficient (Wildman–Crippen LogP) is 2.60. The van der Waals surface area contributed by atoms with Crippen LogP contribution < -0.4 is 10.1 Å². The van der Waals surface area contributed by atoms with Gasteiger partial charge in [-0.1, -0.05) is 12.1 Å². The van der Waals surface area contributed by atoms with Crippen molar-refractivity contribution >= 4 is 24.1 Å².